The Bertz CT molecular complexity index is 457. The minimum Gasteiger partial charge on any atom is -0.351 e. The molecule has 2 rings (SSSR count). The lowest BCUT2D eigenvalue weighted by Crippen LogP contribution is -2.30. The first kappa shape index (κ1) is 13.9. The number of hydrogen-bond donors (Lipinski definition) is 1. The Morgan fingerprint density at radius 3 is 2.78 bits per heavy atom. The van der Waals surface area contributed by atoms with Crippen LogP contribution in [0.3, 0.4) is 0 Å². The molecule has 1 aliphatic rings. The third-order valence-corrected chi connectivity index (χ3v) is 4.45. The second-order valence-electron chi connectivity index (χ2n) is 5.09. The van der Waals surface area contributed by atoms with E-state index in [9.17, 15) is 4.79 Å². The highest BCUT2D eigenvalue weighted by atomic mass is 79.9. The lowest BCUT2D eigenvalue weighted by molar-refractivity contribution is 0.0944. The molecule has 1 amide bonds. The molecule has 1 saturated carbocycles. The van der Waals surface area contributed by atoms with Crippen LogP contribution in [-0.4, -0.2) is 17.8 Å². The van der Waals surface area contributed by atoms with Gasteiger partial charge in [-0.05, 0) is 55.4 Å². The molecule has 0 saturated heterocycles. The molecule has 0 aromatic heterocycles. The SMILES string of the molecule is Cc1cc(C(=O)NCC2(CCBr)CC2)ccc1Cl. The van der Waals surface area contributed by atoms with E-state index in [0.29, 0.717) is 16.0 Å². The molecule has 1 N–H and O–H groups in total. The molecule has 1 fully saturated rings. The van der Waals surface area contributed by atoms with Crippen LogP contribution in [0.1, 0.15) is 35.2 Å². The third kappa shape index (κ3) is 3.27. The number of rotatable bonds is 5. The maximum absolute atomic E-state index is 12.0. The van der Waals surface area contributed by atoms with Gasteiger partial charge < -0.3 is 5.32 Å². The Labute approximate surface area is 121 Å². The molecule has 1 aliphatic carbocycles. The molecule has 0 bridgehead atoms. The van der Waals surface area contributed by atoms with Gasteiger partial charge in [0.25, 0.3) is 5.91 Å². The van der Waals surface area contributed by atoms with Crippen LogP contribution in [0.5, 0.6) is 0 Å². The van der Waals surface area contributed by atoms with E-state index in [1.807, 2.05) is 13.0 Å². The smallest absolute Gasteiger partial charge is 0.251 e. The molecular weight excluding hydrogens is 314 g/mol. The van der Waals surface area contributed by atoms with Gasteiger partial charge in [0.2, 0.25) is 0 Å². The van der Waals surface area contributed by atoms with Crippen molar-refractivity contribution in [3.63, 3.8) is 0 Å². The molecule has 0 atom stereocenters. The number of hydrogen-bond acceptors (Lipinski definition) is 1. The number of amides is 1. The summed E-state index contributed by atoms with van der Waals surface area (Å²) in [6, 6.07) is 5.38. The molecule has 0 aliphatic heterocycles. The van der Waals surface area contributed by atoms with E-state index in [0.717, 1.165) is 23.9 Å². The van der Waals surface area contributed by atoms with Crippen molar-refractivity contribution in [3.05, 3.63) is 34.3 Å². The Morgan fingerprint density at radius 1 is 1.50 bits per heavy atom. The number of nitrogens with one attached hydrogen (secondary N) is 1. The molecule has 0 heterocycles. The van der Waals surface area contributed by atoms with E-state index in [2.05, 4.69) is 21.2 Å². The van der Waals surface area contributed by atoms with Gasteiger partial charge in [-0.1, -0.05) is 27.5 Å². The van der Waals surface area contributed by atoms with Crippen molar-refractivity contribution in [2.75, 3.05) is 11.9 Å². The zero-order chi connectivity index (χ0) is 13.2. The Morgan fingerprint density at radius 2 is 2.22 bits per heavy atom. The van der Waals surface area contributed by atoms with Gasteiger partial charge in [-0.15, -0.1) is 0 Å². The summed E-state index contributed by atoms with van der Waals surface area (Å²) >= 11 is 9.42. The molecule has 98 valence electrons. The number of halogens is 2. The number of benzene rings is 1. The summed E-state index contributed by atoms with van der Waals surface area (Å²) < 4.78 is 0. The fourth-order valence-electron chi connectivity index (χ4n) is 2.05. The van der Waals surface area contributed by atoms with Crippen LogP contribution >= 0.6 is 27.5 Å². The standard InChI is InChI=1S/C14H17BrClNO/c1-10-8-11(2-3-12(10)16)13(18)17-9-14(4-5-14)6-7-15/h2-3,8H,4-7,9H2,1H3,(H,17,18). The van der Waals surface area contributed by atoms with E-state index < -0.39 is 0 Å². The minimum absolute atomic E-state index is 0.00406. The number of carbonyl (C=O) groups is 1. The van der Waals surface area contributed by atoms with Crippen LogP contribution in [0.2, 0.25) is 5.02 Å². The van der Waals surface area contributed by atoms with Gasteiger partial charge in [0.15, 0.2) is 0 Å². The molecule has 1 aromatic carbocycles. The summed E-state index contributed by atoms with van der Waals surface area (Å²) in [5.74, 6) is -0.00406. The quantitative estimate of drug-likeness (QED) is 0.814. The highest BCUT2D eigenvalue weighted by Crippen LogP contribution is 2.48. The van der Waals surface area contributed by atoms with E-state index in [4.69, 9.17) is 11.6 Å². The van der Waals surface area contributed by atoms with Crippen molar-refractivity contribution >= 4 is 33.4 Å². The second-order valence-corrected chi connectivity index (χ2v) is 6.29. The molecule has 1 aromatic rings. The third-order valence-electron chi connectivity index (χ3n) is 3.63. The van der Waals surface area contributed by atoms with E-state index in [1.165, 1.54) is 12.8 Å². The molecule has 0 unspecified atom stereocenters. The summed E-state index contributed by atoms with van der Waals surface area (Å²) in [7, 11) is 0. The normalized spacial score (nSPS) is 16.4. The van der Waals surface area contributed by atoms with Gasteiger partial charge >= 0.3 is 0 Å². The van der Waals surface area contributed by atoms with Crippen LogP contribution in [0, 0.1) is 12.3 Å². The summed E-state index contributed by atoms with van der Waals surface area (Å²) in [5.41, 5.74) is 1.97. The number of aryl methyl sites for hydroxylation is 1. The molecule has 0 spiro atoms. The van der Waals surface area contributed by atoms with Crippen molar-refractivity contribution in [2.24, 2.45) is 5.41 Å². The fraction of sp³-hybridized carbons (Fsp3) is 0.500. The van der Waals surface area contributed by atoms with E-state index >= 15 is 0 Å². The van der Waals surface area contributed by atoms with Gasteiger partial charge in [-0.25, -0.2) is 0 Å². The van der Waals surface area contributed by atoms with Crippen molar-refractivity contribution in [3.8, 4) is 0 Å². The van der Waals surface area contributed by atoms with Gasteiger partial charge in [0.1, 0.15) is 0 Å². The predicted molar refractivity (Wildman–Crippen MR) is 78.6 cm³/mol. The van der Waals surface area contributed by atoms with Crippen LogP contribution in [0.15, 0.2) is 18.2 Å². The average molecular weight is 331 g/mol. The zero-order valence-corrected chi connectivity index (χ0v) is 12.8. The maximum atomic E-state index is 12.0. The first-order valence-corrected chi connectivity index (χ1v) is 7.67. The van der Waals surface area contributed by atoms with Crippen molar-refractivity contribution in [2.45, 2.75) is 26.2 Å². The summed E-state index contributed by atoms with van der Waals surface area (Å²) in [6.45, 7) is 2.69. The Kier molecular flexibility index (Phi) is 4.33. The summed E-state index contributed by atoms with van der Waals surface area (Å²) in [4.78, 5) is 12.0. The first-order chi connectivity index (χ1) is 8.56. The van der Waals surface area contributed by atoms with Crippen LogP contribution in [0.25, 0.3) is 0 Å². The minimum atomic E-state index is -0.00406. The van der Waals surface area contributed by atoms with Crippen LogP contribution in [-0.2, 0) is 0 Å². The van der Waals surface area contributed by atoms with Crippen molar-refractivity contribution < 1.29 is 4.79 Å². The largest absolute Gasteiger partial charge is 0.351 e. The van der Waals surface area contributed by atoms with E-state index in [-0.39, 0.29) is 5.91 Å². The van der Waals surface area contributed by atoms with Crippen LogP contribution in [0.4, 0.5) is 0 Å². The number of alkyl halides is 1. The molecule has 2 nitrogen and oxygen atoms in total. The molecule has 18 heavy (non-hydrogen) atoms. The second kappa shape index (κ2) is 5.62. The maximum Gasteiger partial charge on any atom is 0.251 e. The molecule has 0 radical (unpaired) electrons. The Balaban J connectivity index is 1.93. The van der Waals surface area contributed by atoms with Gasteiger partial charge in [0.05, 0.1) is 0 Å². The summed E-state index contributed by atoms with van der Waals surface area (Å²) in [6.07, 6.45) is 3.57. The van der Waals surface area contributed by atoms with Gasteiger partial charge in [0, 0.05) is 22.5 Å². The van der Waals surface area contributed by atoms with Gasteiger partial charge in [-0.2, -0.15) is 0 Å². The van der Waals surface area contributed by atoms with Crippen molar-refractivity contribution in [1.82, 2.24) is 5.32 Å². The highest BCUT2D eigenvalue weighted by molar-refractivity contribution is 9.09. The lowest BCUT2D eigenvalue weighted by atomic mass is 10.0. The molecular formula is C14H17BrClNO. The topological polar surface area (TPSA) is 29.1 Å². The van der Waals surface area contributed by atoms with Crippen LogP contribution < -0.4 is 5.32 Å². The average Bonchev–Trinajstić information content (AvgIpc) is 3.11. The Hall–Kier alpha value is -0.540. The number of carbonyl (C=O) groups excluding carboxylic acids is 1. The molecule has 4 heteroatoms. The summed E-state index contributed by atoms with van der Waals surface area (Å²) in [5, 5.41) is 4.73. The van der Waals surface area contributed by atoms with E-state index in [1.54, 1.807) is 12.1 Å². The fourth-order valence-corrected chi connectivity index (χ4v) is 3.01. The highest BCUT2D eigenvalue weighted by Gasteiger charge is 2.41. The predicted octanol–water partition coefficient (Wildman–Crippen LogP) is 3.94. The monoisotopic (exact) mass is 329 g/mol. The van der Waals surface area contributed by atoms with Gasteiger partial charge in [-0.3, -0.25) is 4.79 Å². The first-order valence-electron chi connectivity index (χ1n) is 6.17. The lowest BCUT2D eigenvalue weighted by Gasteiger charge is -2.14. The zero-order valence-electron chi connectivity index (χ0n) is 10.4. The van der Waals surface area contributed by atoms with Crippen molar-refractivity contribution in [1.29, 1.82) is 0 Å².